The number of benzene rings is 1. The number of hydrogen-bond acceptors (Lipinski definition) is 6. The second-order valence-electron chi connectivity index (χ2n) is 10.1. The molecule has 0 radical (unpaired) electrons. The van der Waals surface area contributed by atoms with E-state index in [1.54, 1.807) is 24.5 Å². The molecule has 1 aromatic carbocycles. The van der Waals surface area contributed by atoms with E-state index in [2.05, 4.69) is 25.1 Å². The molecule has 2 aromatic heterocycles. The maximum Gasteiger partial charge on any atom is 0.404 e. The van der Waals surface area contributed by atoms with Gasteiger partial charge in [-0.1, -0.05) is 11.6 Å². The molecule has 7 nitrogen and oxygen atoms in total. The first-order chi connectivity index (χ1) is 17.3. The Morgan fingerprint density at radius 1 is 1.03 bits per heavy atom. The normalized spacial score (nSPS) is 20.1. The van der Waals surface area contributed by atoms with Crippen LogP contribution >= 0.6 is 11.6 Å². The van der Waals surface area contributed by atoms with Crippen LogP contribution in [-0.4, -0.2) is 54.9 Å². The Morgan fingerprint density at radius 2 is 1.81 bits per heavy atom. The molecule has 1 aliphatic carbocycles. The van der Waals surface area contributed by atoms with Crippen LogP contribution in [0.5, 0.6) is 0 Å². The van der Waals surface area contributed by atoms with Crippen LogP contribution in [0, 0.1) is 12.8 Å². The highest BCUT2D eigenvalue weighted by atomic mass is 35.5. The van der Waals surface area contributed by atoms with E-state index in [0.29, 0.717) is 23.7 Å². The van der Waals surface area contributed by atoms with Gasteiger partial charge < -0.3 is 4.90 Å². The van der Waals surface area contributed by atoms with Crippen LogP contribution in [-0.2, 0) is 13.1 Å². The van der Waals surface area contributed by atoms with Gasteiger partial charge in [-0.15, -0.1) is 10.2 Å². The molecule has 6 rings (SSSR count). The van der Waals surface area contributed by atoms with Gasteiger partial charge in [0.1, 0.15) is 17.7 Å². The summed E-state index contributed by atoms with van der Waals surface area (Å²) in [5.41, 5.74) is 2.46. The topological polar surface area (TPSA) is 63.0 Å². The van der Waals surface area contributed by atoms with Crippen molar-refractivity contribution in [3.8, 4) is 5.69 Å². The fraction of sp³-hybridized carbons (Fsp3) is 0.520. The highest BCUT2D eigenvalue weighted by Gasteiger charge is 2.52. The van der Waals surface area contributed by atoms with Gasteiger partial charge in [0, 0.05) is 36.8 Å². The molecule has 0 amide bonds. The number of rotatable bonds is 4. The smallest absolute Gasteiger partial charge is 0.355 e. The molecular formula is C25H27ClF3N7. The summed E-state index contributed by atoms with van der Waals surface area (Å²) in [7, 11) is 0. The molecule has 2 aliphatic heterocycles. The number of nitrogens with zero attached hydrogens (tertiary/aromatic N) is 7. The van der Waals surface area contributed by atoms with Crippen LogP contribution in [0.4, 0.5) is 19.0 Å². The van der Waals surface area contributed by atoms with Gasteiger partial charge in [0.2, 0.25) is 0 Å². The Bertz CT molecular complexity index is 1260. The first-order valence-electron chi connectivity index (χ1n) is 12.4. The summed E-state index contributed by atoms with van der Waals surface area (Å²) in [5.74, 6) is 1.99. The SMILES string of the molecule is Cc1cncc(N2CCC(c3nnc4n3-c3ccc(Cl)cc3CN(C(C3CC3)C(F)(F)F)C4)CC2)n1. The van der Waals surface area contributed by atoms with Gasteiger partial charge >= 0.3 is 6.18 Å². The molecule has 11 heteroatoms. The van der Waals surface area contributed by atoms with Crippen LogP contribution in [0.1, 0.15) is 54.5 Å². The van der Waals surface area contributed by atoms with Crippen molar-refractivity contribution in [2.75, 3.05) is 18.0 Å². The second kappa shape index (κ2) is 8.99. The maximum absolute atomic E-state index is 14.1. The monoisotopic (exact) mass is 517 g/mol. The van der Waals surface area contributed by atoms with Gasteiger partial charge in [-0.3, -0.25) is 14.5 Å². The largest absolute Gasteiger partial charge is 0.404 e. The molecule has 0 spiro atoms. The van der Waals surface area contributed by atoms with Gasteiger partial charge in [0.15, 0.2) is 5.82 Å². The molecule has 190 valence electrons. The van der Waals surface area contributed by atoms with Crippen LogP contribution in [0.25, 0.3) is 5.69 Å². The van der Waals surface area contributed by atoms with Gasteiger partial charge in [-0.05, 0) is 62.3 Å². The van der Waals surface area contributed by atoms with Crippen molar-refractivity contribution in [3.63, 3.8) is 0 Å². The number of alkyl halides is 3. The van der Waals surface area contributed by atoms with Gasteiger partial charge in [-0.2, -0.15) is 13.2 Å². The number of anilines is 1. The molecule has 1 saturated carbocycles. The fourth-order valence-electron chi connectivity index (χ4n) is 5.67. The van der Waals surface area contributed by atoms with E-state index in [1.807, 2.05) is 17.6 Å². The fourth-order valence-corrected chi connectivity index (χ4v) is 5.86. The Hall–Kier alpha value is -2.72. The number of halogens is 4. The van der Waals surface area contributed by atoms with E-state index in [-0.39, 0.29) is 24.9 Å². The summed E-state index contributed by atoms with van der Waals surface area (Å²) < 4.78 is 44.4. The molecule has 1 saturated heterocycles. The lowest BCUT2D eigenvalue weighted by molar-refractivity contribution is -0.193. The predicted octanol–water partition coefficient (Wildman–Crippen LogP) is 5.06. The molecular weight excluding hydrogens is 491 g/mol. The lowest BCUT2D eigenvalue weighted by Crippen LogP contribution is -2.46. The summed E-state index contributed by atoms with van der Waals surface area (Å²) in [4.78, 5) is 12.6. The number of aryl methyl sites for hydroxylation is 1. The van der Waals surface area contributed by atoms with Crippen LogP contribution in [0.2, 0.25) is 5.02 Å². The van der Waals surface area contributed by atoms with Crippen LogP contribution in [0.3, 0.4) is 0 Å². The maximum atomic E-state index is 14.1. The molecule has 2 fully saturated rings. The summed E-state index contributed by atoms with van der Waals surface area (Å²) in [6.45, 7) is 3.78. The van der Waals surface area contributed by atoms with E-state index in [1.165, 1.54) is 4.90 Å². The number of piperidine rings is 1. The van der Waals surface area contributed by atoms with Crippen LogP contribution in [0.15, 0.2) is 30.6 Å². The zero-order valence-electron chi connectivity index (χ0n) is 19.9. The van der Waals surface area contributed by atoms with Gasteiger partial charge in [0.25, 0.3) is 0 Å². The van der Waals surface area contributed by atoms with E-state index in [0.717, 1.165) is 54.5 Å². The predicted molar refractivity (Wildman–Crippen MR) is 129 cm³/mol. The molecule has 4 heterocycles. The van der Waals surface area contributed by atoms with Crippen molar-refractivity contribution >= 4 is 17.4 Å². The Morgan fingerprint density at radius 3 is 2.50 bits per heavy atom. The minimum atomic E-state index is -4.30. The number of hydrogen-bond donors (Lipinski definition) is 0. The average molecular weight is 518 g/mol. The van der Waals surface area contributed by atoms with Gasteiger partial charge in [0.05, 0.1) is 24.1 Å². The highest BCUT2D eigenvalue weighted by Crippen LogP contribution is 2.45. The highest BCUT2D eigenvalue weighted by molar-refractivity contribution is 6.30. The molecule has 3 aromatic rings. The Labute approximate surface area is 212 Å². The van der Waals surface area contributed by atoms with E-state index < -0.39 is 12.2 Å². The van der Waals surface area contributed by atoms with E-state index in [4.69, 9.17) is 11.6 Å². The third kappa shape index (κ3) is 4.45. The summed E-state index contributed by atoms with van der Waals surface area (Å²) in [6, 6.07) is 3.95. The first kappa shape index (κ1) is 23.7. The summed E-state index contributed by atoms with van der Waals surface area (Å²) >= 11 is 6.30. The summed E-state index contributed by atoms with van der Waals surface area (Å²) in [6.07, 6.45) is 2.10. The minimum absolute atomic E-state index is 0.0949. The molecule has 1 unspecified atom stereocenters. The minimum Gasteiger partial charge on any atom is -0.355 e. The molecule has 0 N–H and O–H groups in total. The molecule has 1 atom stereocenters. The van der Waals surface area contributed by atoms with E-state index >= 15 is 0 Å². The van der Waals surface area contributed by atoms with Crippen molar-refractivity contribution < 1.29 is 13.2 Å². The average Bonchev–Trinajstić information content (AvgIpc) is 3.60. The van der Waals surface area contributed by atoms with E-state index in [9.17, 15) is 13.2 Å². The third-order valence-electron chi connectivity index (χ3n) is 7.48. The van der Waals surface area contributed by atoms with Crippen molar-refractivity contribution in [1.29, 1.82) is 0 Å². The lowest BCUT2D eigenvalue weighted by Gasteiger charge is -2.32. The molecule has 3 aliphatic rings. The quantitative estimate of drug-likeness (QED) is 0.482. The lowest BCUT2D eigenvalue weighted by atomic mass is 9.95. The van der Waals surface area contributed by atoms with Crippen molar-refractivity contribution in [1.82, 2.24) is 29.6 Å². The number of aromatic nitrogens is 5. The molecule has 0 bridgehead atoms. The zero-order chi connectivity index (χ0) is 25.0. The second-order valence-corrected chi connectivity index (χ2v) is 10.5. The zero-order valence-corrected chi connectivity index (χ0v) is 20.7. The number of fused-ring (bicyclic) bond motifs is 3. The van der Waals surface area contributed by atoms with Gasteiger partial charge in [-0.25, -0.2) is 4.98 Å². The van der Waals surface area contributed by atoms with Crippen molar-refractivity contribution in [2.24, 2.45) is 5.92 Å². The summed E-state index contributed by atoms with van der Waals surface area (Å²) in [5, 5.41) is 9.48. The van der Waals surface area contributed by atoms with Crippen LogP contribution < -0.4 is 4.90 Å². The first-order valence-corrected chi connectivity index (χ1v) is 12.7. The van der Waals surface area contributed by atoms with Crippen molar-refractivity contribution in [3.05, 3.63) is 58.5 Å². The van der Waals surface area contributed by atoms with Crippen molar-refractivity contribution in [2.45, 2.75) is 63.8 Å². The standard InChI is InChI=1S/C25H27ClF3N7/c1-15-11-30-12-21(31-15)34-8-6-17(7-9-34)24-33-32-22-14-35(23(16-2-3-16)25(27,28)29)13-18-10-19(26)4-5-20(18)36(22)24/h4-5,10-12,16-17,23H,2-3,6-9,13-14H2,1H3. The Balaban J connectivity index is 1.32. The molecule has 36 heavy (non-hydrogen) atoms. The third-order valence-corrected chi connectivity index (χ3v) is 7.71. The Kier molecular flexibility index (Phi) is 5.91.